The second-order valence-corrected chi connectivity index (χ2v) is 20.9. The van der Waals surface area contributed by atoms with Crippen LogP contribution >= 0.6 is 10.4 Å². The van der Waals surface area contributed by atoms with Crippen LogP contribution in [0.4, 0.5) is 0 Å². The van der Waals surface area contributed by atoms with Crippen molar-refractivity contribution < 1.29 is 0 Å². The maximum atomic E-state index is 4.44. The third-order valence-corrected chi connectivity index (χ3v) is 0. The van der Waals surface area contributed by atoms with Crippen molar-refractivity contribution in [3.05, 3.63) is 0 Å². The molecule has 0 heterocycles. The SMILES string of the molecule is N.N.N.N.N.S=[As]([S-])([S-])[S-].[NH4+].[NH4+].[NH4+]. The summed E-state index contributed by atoms with van der Waals surface area (Å²) in [5.74, 6) is 0. The van der Waals surface area contributed by atoms with Gasteiger partial charge in [-0.25, -0.2) is 0 Å². The first-order valence-electron chi connectivity index (χ1n) is 0.730. The number of hydrogen-bond donors (Lipinski definition) is 8. The van der Waals surface area contributed by atoms with Gasteiger partial charge in [0, 0.05) is 0 Å². The van der Waals surface area contributed by atoms with Crippen LogP contribution in [0.25, 0.3) is 0 Å². The zero-order valence-electron chi connectivity index (χ0n) is 8.62. The van der Waals surface area contributed by atoms with Gasteiger partial charge in [0.1, 0.15) is 0 Å². The first-order valence-corrected chi connectivity index (χ1v) is 11.4. The van der Waals surface area contributed by atoms with E-state index in [0.29, 0.717) is 0 Å². The van der Waals surface area contributed by atoms with Crippen LogP contribution in [0.3, 0.4) is 0 Å². The summed E-state index contributed by atoms with van der Waals surface area (Å²) < 4.78 is 0. The Morgan fingerprint density at radius 3 is 0.615 bits per heavy atom. The van der Waals surface area contributed by atoms with E-state index >= 15 is 0 Å². The van der Waals surface area contributed by atoms with E-state index in [9.17, 15) is 0 Å². The zero-order valence-corrected chi connectivity index (χ0v) is 13.8. The summed E-state index contributed by atoms with van der Waals surface area (Å²) in [6.45, 7) is 0. The Morgan fingerprint density at radius 1 is 0.615 bits per heavy atom. The normalized spacial score (nSPS) is 4.54. The van der Waals surface area contributed by atoms with Crippen LogP contribution in [0, 0.1) is 0 Å². The van der Waals surface area contributed by atoms with Gasteiger partial charge in [-0.2, -0.15) is 0 Å². The minimum absolute atomic E-state index is 0. The molecular formula is H27AsN8S4. The second-order valence-electron chi connectivity index (χ2n) is 0.447. The van der Waals surface area contributed by atoms with Crippen LogP contribution in [-0.2, 0) is 32.7 Å². The average molecular weight is 342 g/mol. The Kier molecular flexibility index (Phi) is 252. The third kappa shape index (κ3) is 786. The monoisotopic (exact) mass is 342 g/mol. The molecule has 0 radical (unpaired) electrons. The van der Waals surface area contributed by atoms with Crippen molar-refractivity contribution in [2.75, 3.05) is 0 Å². The predicted octanol–water partition coefficient (Wildman–Crippen LogP) is 2.20. The van der Waals surface area contributed by atoms with Crippen molar-refractivity contribution in [2.45, 2.75) is 0 Å². The largest absolute Gasteiger partial charge is 0.369 e. The smallest absolute Gasteiger partial charge is 0.369 e. The fraction of sp³-hybridized carbons (Fsp3) is 0. The van der Waals surface area contributed by atoms with Crippen molar-refractivity contribution in [1.82, 2.24) is 49.2 Å². The van der Waals surface area contributed by atoms with E-state index < -0.39 is 8.41 Å². The van der Waals surface area contributed by atoms with E-state index in [-0.39, 0.29) is 49.2 Å². The summed E-state index contributed by atoms with van der Waals surface area (Å²) in [5, 5.41) is 0. The van der Waals surface area contributed by atoms with E-state index in [1.54, 1.807) is 0 Å². The minimum Gasteiger partial charge on any atom is -0.369 e. The first kappa shape index (κ1) is 87.3. The molecule has 0 aliphatic heterocycles. The molecule has 0 saturated carbocycles. The summed E-state index contributed by atoms with van der Waals surface area (Å²) in [6, 6.07) is 0. The van der Waals surface area contributed by atoms with Crippen molar-refractivity contribution in [3.8, 4) is 0 Å². The molecule has 0 atom stereocenters. The maximum Gasteiger partial charge on any atom is -0.369 e. The first-order chi connectivity index (χ1) is 2.00. The van der Waals surface area contributed by atoms with Crippen LogP contribution in [0.15, 0.2) is 0 Å². The van der Waals surface area contributed by atoms with Gasteiger partial charge in [0.2, 0.25) is 0 Å². The van der Waals surface area contributed by atoms with Crippen LogP contribution in [-0.4, -0.2) is 8.41 Å². The molecule has 0 amide bonds. The molecule has 8 nitrogen and oxygen atoms in total. The molecule has 0 unspecified atom stereocenters. The van der Waals surface area contributed by atoms with Crippen molar-refractivity contribution in [1.29, 1.82) is 0 Å². The molecule has 0 rings (SSSR count). The molecular weight excluding hydrogens is 315 g/mol. The van der Waals surface area contributed by atoms with Gasteiger partial charge >= 0.3 is 51.5 Å². The van der Waals surface area contributed by atoms with Gasteiger partial charge in [0.15, 0.2) is 0 Å². The summed E-state index contributed by atoms with van der Waals surface area (Å²) in [4.78, 5) is 0. The molecule has 0 aromatic carbocycles. The summed E-state index contributed by atoms with van der Waals surface area (Å²) >= 11 is 0. The number of quaternary nitrogens is 3. The molecule has 0 spiro atoms. The Labute approximate surface area is 100 Å². The van der Waals surface area contributed by atoms with Gasteiger partial charge in [-0.15, -0.1) is 0 Å². The molecule has 0 aliphatic rings. The van der Waals surface area contributed by atoms with E-state index in [0.717, 1.165) is 0 Å². The Bertz CT molecular complexity index is 62.3. The van der Waals surface area contributed by atoms with Gasteiger partial charge < -0.3 is 49.2 Å². The molecule has 0 fully saturated rings. The molecule has 13 heavy (non-hydrogen) atoms. The number of hydrogen-bond acceptors (Lipinski definition) is 9. The van der Waals surface area contributed by atoms with Crippen LogP contribution in [0.2, 0.25) is 0 Å². The van der Waals surface area contributed by atoms with Gasteiger partial charge in [0.25, 0.3) is 0 Å². The van der Waals surface area contributed by atoms with Crippen LogP contribution in [0.1, 0.15) is 0 Å². The summed E-state index contributed by atoms with van der Waals surface area (Å²) in [6.07, 6.45) is 0. The fourth-order valence-electron chi connectivity index (χ4n) is 0. The molecule has 0 saturated heterocycles. The van der Waals surface area contributed by atoms with E-state index in [2.05, 4.69) is 43.1 Å². The summed E-state index contributed by atoms with van der Waals surface area (Å²) in [5.41, 5.74) is 0. The molecule has 27 N–H and O–H groups in total. The van der Waals surface area contributed by atoms with Crippen molar-refractivity contribution >= 4 is 51.5 Å². The molecule has 0 aromatic heterocycles. The quantitative estimate of drug-likeness (QED) is 0.236. The van der Waals surface area contributed by atoms with E-state index in [4.69, 9.17) is 0 Å². The van der Waals surface area contributed by atoms with E-state index in [1.807, 2.05) is 0 Å². The van der Waals surface area contributed by atoms with Gasteiger partial charge in [-0.05, 0) is 0 Å². The zero-order chi connectivity index (χ0) is 4.50. The van der Waals surface area contributed by atoms with Gasteiger partial charge in [0.05, 0.1) is 0 Å². The standard InChI is InChI=1S/AsH3S4.8H3N/c2-1(3,4)5;;;;;;;;/h(H3,2,3,4,5);8*1H3. The Morgan fingerprint density at radius 2 is 0.615 bits per heavy atom. The Hall–Kier alpha value is 1.51. The van der Waals surface area contributed by atoms with Crippen LogP contribution < -0.4 is 49.2 Å². The van der Waals surface area contributed by atoms with Crippen molar-refractivity contribution in [3.63, 3.8) is 0 Å². The second kappa shape index (κ2) is 37.5. The fourth-order valence-corrected chi connectivity index (χ4v) is 0. The number of rotatable bonds is 0. The molecule has 96 valence electrons. The minimum atomic E-state index is -2.54. The maximum absolute atomic E-state index is 4.44. The molecule has 0 bridgehead atoms. The van der Waals surface area contributed by atoms with Crippen LogP contribution in [0.5, 0.6) is 0 Å². The van der Waals surface area contributed by atoms with E-state index in [1.165, 1.54) is 0 Å². The average Bonchev–Trinajstić information content (AvgIpc) is 0.722. The molecule has 0 aliphatic carbocycles. The van der Waals surface area contributed by atoms with Gasteiger partial charge in [-0.3, -0.25) is 0 Å². The predicted molar refractivity (Wildman–Crippen MR) is 78.5 cm³/mol. The summed E-state index contributed by atoms with van der Waals surface area (Å²) in [7, 11) is 15.2. The molecule has 13 heteroatoms. The molecule has 0 aromatic rings. The van der Waals surface area contributed by atoms with Crippen molar-refractivity contribution in [2.24, 2.45) is 0 Å². The van der Waals surface area contributed by atoms with Gasteiger partial charge in [-0.1, -0.05) is 0 Å². The topological polar surface area (TPSA) is 284 Å². The Balaban J connectivity index is -0.00000000286. The third-order valence-electron chi connectivity index (χ3n) is 0.